The summed E-state index contributed by atoms with van der Waals surface area (Å²) in [6.45, 7) is -1.12. The van der Waals surface area contributed by atoms with Gasteiger partial charge in [-0.2, -0.15) is 18.3 Å². The summed E-state index contributed by atoms with van der Waals surface area (Å²) in [5.74, 6) is -2.81. The molecule has 6 rings (SSSR count). The van der Waals surface area contributed by atoms with E-state index in [1.165, 1.54) is 35.4 Å². The summed E-state index contributed by atoms with van der Waals surface area (Å²) in [5, 5.41) is 10.4. The van der Waals surface area contributed by atoms with Crippen molar-refractivity contribution in [3.05, 3.63) is 83.1 Å². The number of halogens is 5. The van der Waals surface area contributed by atoms with Gasteiger partial charge in [0.1, 0.15) is 17.7 Å². The topological polar surface area (TPSA) is 116 Å². The first-order valence-corrected chi connectivity index (χ1v) is 11.8. The molecule has 0 saturated carbocycles. The number of hydrogen-bond acceptors (Lipinski definition) is 7. The van der Waals surface area contributed by atoms with Crippen LogP contribution in [0, 0.1) is 11.8 Å². The number of anilines is 1. The number of amides is 1. The minimum absolute atomic E-state index is 0.0388. The van der Waals surface area contributed by atoms with E-state index in [-0.39, 0.29) is 34.2 Å². The average molecular weight is 558 g/mol. The molecule has 5 aromatic rings. The van der Waals surface area contributed by atoms with E-state index in [0.29, 0.717) is 21.5 Å². The molecule has 1 aliphatic rings. The summed E-state index contributed by atoms with van der Waals surface area (Å²) in [5.41, 5.74) is 0.602. The predicted molar refractivity (Wildman–Crippen MR) is 129 cm³/mol. The molecule has 0 fully saturated rings. The molecule has 39 heavy (non-hydrogen) atoms. The van der Waals surface area contributed by atoms with Crippen molar-refractivity contribution in [3.63, 3.8) is 0 Å². The largest absolute Gasteiger partial charge is 0.333 e. The summed E-state index contributed by atoms with van der Waals surface area (Å²) < 4.78 is 56.6. The third-order valence-electron chi connectivity index (χ3n) is 6.75. The summed E-state index contributed by atoms with van der Waals surface area (Å²) >= 11 is 6.31. The van der Waals surface area contributed by atoms with Crippen LogP contribution in [0.15, 0.2) is 49.4 Å². The van der Waals surface area contributed by atoms with Crippen molar-refractivity contribution in [2.45, 2.75) is 31.2 Å². The zero-order chi connectivity index (χ0) is 27.5. The highest BCUT2D eigenvalue weighted by molar-refractivity contribution is 6.33. The van der Waals surface area contributed by atoms with E-state index in [1.807, 2.05) is 0 Å². The van der Waals surface area contributed by atoms with Crippen LogP contribution in [0.25, 0.3) is 17.0 Å². The molecule has 1 amide bonds. The van der Waals surface area contributed by atoms with Gasteiger partial charge in [-0.05, 0) is 19.4 Å². The van der Waals surface area contributed by atoms with Crippen LogP contribution in [-0.4, -0.2) is 45.2 Å². The maximum Gasteiger partial charge on any atom is 0.333 e. The van der Waals surface area contributed by atoms with Gasteiger partial charge >= 0.3 is 6.55 Å². The number of carbonyl (C=O) groups excluding carboxylic acids is 1. The maximum atomic E-state index is 14.1. The Kier molecular flexibility index (Phi) is 5.79. The van der Waals surface area contributed by atoms with Gasteiger partial charge in [0.05, 0.1) is 40.9 Å². The molecule has 10 nitrogen and oxygen atoms in total. The predicted octanol–water partition coefficient (Wildman–Crippen LogP) is 4.54. The fourth-order valence-electron chi connectivity index (χ4n) is 4.96. The van der Waals surface area contributed by atoms with Crippen LogP contribution < -0.4 is 5.32 Å². The van der Waals surface area contributed by atoms with E-state index in [0.717, 1.165) is 18.6 Å². The molecule has 1 aliphatic carbocycles. The summed E-state index contributed by atoms with van der Waals surface area (Å²) in [6, 6.07) is 2.53. The molecule has 2 atom stereocenters. The molecule has 0 spiro atoms. The number of alkyl halides is 2. The summed E-state index contributed by atoms with van der Waals surface area (Å²) in [7, 11) is 0. The van der Waals surface area contributed by atoms with Gasteiger partial charge in [0, 0.05) is 35.0 Å². The van der Waals surface area contributed by atoms with E-state index in [4.69, 9.17) is 11.6 Å². The second-order valence-electron chi connectivity index (χ2n) is 9.14. The Labute approximate surface area is 221 Å². The Hall–Kier alpha value is -4.46. The van der Waals surface area contributed by atoms with Gasteiger partial charge < -0.3 is 5.32 Å². The van der Waals surface area contributed by atoms with Crippen LogP contribution in [0.4, 0.5) is 23.2 Å². The highest BCUT2D eigenvalue weighted by atomic mass is 35.5. The lowest BCUT2D eigenvalue weighted by Crippen LogP contribution is -2.25. The Balaban J connectivity index is 1.37. The number of aromatic nitrogens is 8. The molecule has 2 unspecified atom stereocenters. The first kappa shape index (κ1) is 24.9. The molecular weight excluding hydrogens is 542 g/mol. The number of rotatable bonds is 5. The van der Waals surface area contributed by atoms with Crippen molar-refractivity contribution in [1.82, 2.24) is 39.3 Å². The Bertz CT molecular complexity index is 1760. The van der Waals surface area contributed by atoms with Gasteiger partial charge in [-0.1, -0.05) is 11.6 Å². The maximum absolute atomic E-state index is 14.1. The first-order valence-electron chi connectivity index (χ1n) is 11.5. The summed E-state index contributed by atoms with van der Waals surface area (Å²) in [4.78, 5) is 29.4. The van der Waals surface area contributed by atoms with E-state index < -0.39 is 35.6 Å². The molecule has 0 aromatic carbocycles. The van der Waals surface area contributed by atoms with Gasteiger partial charge in [-0.15, -0.1) is 5.10 Å². The van der Waals surface area contributed by atoms with Gasteiger partial charge in [0.2, 0.25) is 11.9 Å². The molecular formula is C24H16ClF4N9O. The molecule has 0 bridgehead atoms. The molecule has 0 radical (unpaired) electrons. The van der Waals surface area contributed by atoms with Crippen LogP contribution in [0.5, 0.6) is 0 Å². The molecule has 0 aliphatic heterocycles. The lowest BCUT2D eigenvalue weighted by molar-refractivity contribution is -0.117. The van der Waals surface area contributed by atoms with Crippen LogP contribution in [0.2, 0.25) is 5.02 Å². The second-order valence-corrected chi connectivity index (χ2v) is 9.54. The number of nitrogens with zero attached hydrogens (tertiary/aromatic N) is 8. The van der Waals surface area contributed by atoms with Crippen LogP contribution in [-0.2, 0) is 10.2 Å². The first-order chi connectivity index (χ1) is 18.7. The van der Waals surface area contributed by atoms with Crippen molar-refractivity contribution < 1.29 is 22.4 Å². The van der Waals surface area contributed by atoms with Crippen molar-refractivity contribution in [2.24, 2.45) is 0 Å². The molecule has 5 aromatic heterocycles. The van der Waals surface area contributed by atoms with E-state index in [1.54, 1.807) is 6.92 Å². The fourth-order valence-corrected chi connectivity index (χ4v) is 5.21. The average Bonchev–Trinajstić information content (AvgIpc) is 3.61. The highest BCUT2D eigenvalue weighted by Crippen LogP contribution is 2.50. The van der Waals surface area contributed by atoms with E-state index in [9.17, 15) is 22.4 Å². The molecule has 1 N–H and O–H groups in total. The third kappa shape index (κ3) is 4.07. The van der Waals surface area contributed by atoms with Gasteiger partial charge in [0.15, 0.2) is 11.5 Å². The summed E-state index contributed by atoms with van der Waals surface area (Å²) in [6.07, 6.45) is 7.48. The number of fused-ring (bicyclic) bond motifs is 3. The van der Waals surface area contributed by atoms with Crippen molar-refractivity contribution >= 4 is 28.8 Å². The van der Waals surface area contributed by atoms with Crippen LogP contribution in [0.3, 0.4) is 0 Å². The van der Waals surface area contributed by atoms with Gasteiger partial charge in [-0.3, -0.25) is 9.78 Å². The number of pyridine rings is 1. The zero-order valence-electron chi connectivity index (χ0n) is 19.9. The van der Waals surface area contributed by atoms with E-state index >= 15 is 0 Å². The zero-order valence-corrected chi connectivity index (χ0v) is 20.6. The van der Waals surface area contributed by atoms with Crippen molar-refractivity contribution in [1.29, 1.82) is 0 Å². The SMILES string of the molecule is CC1(c2cnn(C(F)F)c2)CC(C(=O)Nc2cnc(-c3ncncc3F)c(Cl)c2)c2cnc3cc(F)nn3c21. The minimum atomic E-state index is -2.86. The van der Waals surface area contributed by atoms with Crippen molar-refractivity contribution in [3.8, 4) is 11.4 Å². The normalized spacial score (nSPS) is 18.6. The lowest BCUT2D eigenvalue weighted by Gasteiger charge is -2.24. The van der Waals surface area contributed by atoms with E-state index in [2.05, 4.69) is 35.5 Å². The second kappa shape index (κ2) is 9.08. The Morgan fingerprint density at radius 3 is 2.67 bits per heavy atom. The quantitative estimate of drug-likeness (QED) is 0.315. The van der Waals surface area contributed by atoms with Crippen LogP contribution in [0.1, 0.15) is 42.6 Å². The van der Waals surface area contributed by atoms with Gasteiger partial charge in [-0.25, -0.2) is 28.5 Å². The molecule has 5 heterocycles. The Morgan fingerprint density at radius 1 is 1.13 bits per heavy atom. The molecule has 0 saturated heterocycles. The minimum Gasteiger partial charge on any atom is -0.324 e. The van der Waals surface area contributed by atoms with Crippen LogP contribution >= 0.6 is 11.6 Å². The number of nitrogens with one attached hydrogen (secondary N) is 1. The Morgan fingerprint density at radius 2 is 1.95 bits per heavy atom. The third-order valence-corrected chi connectivity index (χ3v) is 7.04. The number of carbonyl (C=O) groups is 1. The highest BCUT2D eigenvalue weighted by Gasteiger charge is 2.48. The molecule has 198 valence electrons. The lowest BCUT2D eigenvalue weighted by atomic mass is 9.80. The standard InChI is InChI=1S/C24H16ClF4N9O/c1-24(11-5-34-37(9-11)23(28)29)4-13(14-7-31-18-3-17(27)36-38(18)21(14)24)22(39)35-12-2-15(25)19(32-6-12)20-16(26)8-30-10-33-20/h2-3,5-10,13,23H,4H2,1H3,(H,35,39). The van der Waals surface area contributed by atoms with Crippen molar-refractivity contribution in [2.75, 3.05) is 5.32 Å². The van der Waals surface area contributed by atoms with Gasteiger partial charge in [0.25, 0.3) is 0 Å². The monoisotopic (exact) mass is 557 g/mol. The number of hydrogen-bond donors (Lipinski definition) is 1. The smallest absolute Gasteiger partial charge is 0.324 e. The fraction of sp³-hybridized carbons (Fsp3) is 0.208. The molecule has 15 heteroatoms.